The molecule has 8 nitrogen and oxygen atoms in total. The molecule has 1 aliphatic carbocycles. The van der Waals surface area contributed by atoms with E-state index in [9.17, 15) is 4.79 Å². The number of rotatable bonds is 5. The Labute approximate surface area is 180 Å². The van der Waals surface area contributed by atoms with Crippen LogP contribution in [-0.2, 0) is 11.5 Å². The van der Waals surface area contributed by atoms with Crippen LogP contribution in [0.1, 0.15) is 31.2 Å². The summed E-state index contributed by atoms with van der Waals surface area (Å²) in [5.74, 6) is 1.44. The Morgan fingerprint density at radius 3 is 2.58 bits per heavy atom. The van der Waals surface area contributed by atoms with Crippen LogP contribution in [0, 0.1) is 11.8 Å². The normalized spacial score (nSPS) is 21.0. The van der Waals surface area contributed by atoms with Crippen LogP contribution < -0.4 is 9.47 Å². The summed E-state index contributed by atoms with van der Waals surface area (Å²) >= 11 is 0. The Morgan fingerprint density at radius 2 is 1.77 bits per heavy atom. The van der Waals surface area contributed by atoms with Gasteiger partial charge in [-0.1, -0.05) is 30.2 Å². The highest BCUT2D eigenvalue weighted by molar-refractivity contribution is 6.07. The van der Waals surface area contributed by atoms with Gasteiger partial charge in [0.25, 0.3) is 0 Å². The second kappa shape index (κ2) is 8.02. The molecule has 1 fully saturated rings. The zero-order valence-corrected chi connectivity index (χ0v) is 17.7. The molecule has 0 saturated heterocycles. The highest BCUT2D eigenvalue weighted by Gasteiger charge is 2.41. The average molecular weight is 419 g/mol. The van der Waals surface area contributed by atoms with Gasteiger partial charge in [0.15, 0.2) is 11.5 Å². The molecule has 0 N–H and O–H groups in total. The fourth-order valence-electron chi connectivity index (χ4n) is 4.72. The van der Waals surface area contributed by atoms with Gasteiger partial charge in [-0.3, -0.25) is 4.79 Å². The minimum Gasteiger partial charge on any atom is -0.493 e. The Bertz CT molecular complexity index is 1160. The van der Waals surface area contributed by atoms with Crippen molar-refractivity contribution in [2.75, 3.05) is 14.2 Å². The third-order valence-electron chi connectivity index (χ3n) is 6.28. The van der Waals surface area contributed by atoms with E-state index in [0.717, 1.165) is 48.0 Å². The largest absolute Gasteiger partial charge is 0.493 e. The first-order chi connectivity index (χ1) is 15.2. The van der Waals surface area contributed by atoms with Crippen molar-refractivity contribution in [3.63, 3.8) is 0 Å². The molecule has 2 atom stereocenters. The molecular weight excluding hydrogens is 394 g/mol. The quantitative estimate of drug-likeness (QED) is 0.633. The third-order valence-corrected chi connectivity index (χ3v) is 6.28. The molecule has 31 heavy (non-hydrogen) atoms. The lowest BCUT2D eigenvalue weighted by Gasteiger charge is -2.38. The third kappa shape index (κ3) is 3.41. The summed E-state index contributed by atoms with van der Waals surface area (Å²) < 4.78 is 12.6. The fourth-order valence-corrected chi connectivity index (χ4v) is 4.72. The summed E-state index contributed by atoms with van der Waals surface area (Å²) in [5, 5.41) is 14.8. The van der Waals surface area contributed by atoms with Crippen LogP contribution in [0.3, 0.4) is 0 Å². The average Bonchev–Trinajstić information content (AvgIpc) is 3.23. The minimum atomic E-state index is -0.0656. The molecule has 2 heterocycles. The van der Waals surface area contributed by atoms with Gasteiger partial charge < -0.3 is 9.47 Å². The Hall–Kier alpha value is -3.42. The molecule has 8 heteroatoms. The van der Waals surface area contributed by atoms with E-state index in [-0.39, 0.29) is 24.4 Å². The SMILES string of the molecule is COc1ccc(C2=NN(Cn3nnc4ccccc43)C(=O)[C@H]3CCCC[C@@H]23)cc1OC. The Balaban J connectivity index is 1.55. The maximum Gasteiger partial charge on any atom is 0.248 e. The fraction of sp³-hybridized carbons (Fsp3) is 0.391. The van der Waals surface area contributed by atoms with Crippen molar-refractivity contribution in [1.82, 2.24) is 20.0 Å². The van der Waals surface area contributed by atoms with Gasteiger partial charge in [0.2, 0.25) is 5.91 Å². The van der Waals surface area contributed by atoms with Crippen LogP contribution >= 0.6 is 0 Å². The molecule has 1 amide bonds. The van der Waals surface area contributed by atoms with E-state index in [4.69, 9.17) is 14.6 Å². The van der Waals surface area contributed by atoms with E-state index in [1.807, 2.05) is 42.5 Å². The van der Waals surface area contributed by atoms with Gasteiger partial charge in [-0.25, -0.2) is 9.69 Å². The number of fused-ring (bicyclic) bond motifs is 2. The van der Waals surface area contributed by atoms with E-state index in [2.05, 4.69) is 10.3 Å². The Kier molecular flexibility index (Phi) is 5.05. The Morgan fingerprint density at radius 1 is 1.00 bits per heavy atom. The van der Waals surface area contributed by atoms with Crippen LogP contribution in [0.25, 0.3) is 11.0 Å². The van der Waals surface area contributed by atoms with Gasteiger partial charge in [-0.15, -0.1) is 5.10 Å². The minimum absolute atomic E-state index is 0.0634. The first kappa shape index (κ1) is 19.5. The summed E-state index contributed by atoms with van der Waals surface area (Å²) in [7, 11) is 3.25. The van der Waals surface area contributed by atoms with Gasteiger partial charge in [0, 0.05) is 17.4 Å². The van der Waals surface area contributed by atoms with E-state index >= 15 is 0 Å². The molecule has 0 spiro atoms. The molecular formula is C23H25N5O3. The zero-order chi connectivity index (χ0) is 21.4. The van der Waals surface area contributed by atoms with Crippen LogP contribution in [0.2, 0.25) is 0 Å². The topological polar surface area (TPSA) is 81.8 Å². The number of amides is 1. The second-order valence-corrected chi connectivity index (χ2v) is 8.01. The van der Waals surface area contributed by atoms with Crippen molar-refractivity contribution in [3.8, 4) is 11.5 Å². The molecule has 1 aliphatic heterocycles. The van der Waals surface area contributed by atoms with Crippen molar-refractivity contribution in [3.05, 3.63) is 48.0 Å². The molecule has 0 unspecified atom stereocenters. The molecule has 1 aromatic heterocycles. The van der Waals surface area contributed by atoms with Crippen molar-refractivity contribution in [2.45, 2.75) is 32.4 Å². The van der Waals surface area contributed by atoms with Crippen molar-refractivity contribution in [1.29, 1.82) is 0 Å². The van der Waals surface area contributed by atoms with Crippen molar-refractivity contribution in [2.24, 2.45) is 16.9 Å². The lowest BCUT2D eigenvalue weighted by Crippen LogP contribution is -2.46. The molecule has 0 bridgehead atoms. The number of para-hydroxylation sites is 1. The number of carbonyl (C=O) groups is 1. The molecule has 3 aromatic rings. The monoisotopic (exact) mass is 419 g/mol. The van der Waals surface area contributed by atoms with E-state index in [1.165, 1.54) is 0 Å². The maximum absolute atomic E-state index is 13.3. The summed E-state index contributed by atoms with van der Waals surface area (Å²) in [6.45, 7) is 0.235. The van der Waals surface area contributed by atoms with E-state index < -0.39 is 0 Å². The zero-order valence-electron chi connectivity index (χ0n) is 17.7. The molecule has 5 rings (SSSR count). The second-order valence-electron chi connectivity index (χ2n) is 8.01. The number of hydrazone groups is 1. The summed E-state index contributed by atoms with van der Waals surface area (Å²) in [6, 6.07) is 13.6. The molecule has 1 saturated carbocycles. The first-order valence-corrected chi connectivity index (χ1v) is 10.6. The van der Waals surface area contributed by atoms with Gasteiger partial charge in [0.1, 0.15) is 12.2 Å². The van der Waals surface area contributed by atoms with Gasteiger partial charge in [-0.05, 0) is 43.2 Å². The van der Waals surface area contributed by atoms with Crippen molar-refractivity contribution >= 4 is 22.7 Å². The predicted octanol–water partition coefficient (Wildman–Crippen LogP) is 3.46. The molecule has 0 radical (unpaired) electrons. The van der Waals surface area contributed by atoms with Crippen LogP contribution in [0.5, 0.6) is 11.5 Å². The summed E-state index contributed by atoms with van der Waals surface area (Å²) in [4.78, 5) is 13.3. The summed E-state index contributed by atoms with van der Waals surface area (Å²) in [6.07, 6.45) is 4.01. The van der Waals surface area contributed by atoms with Crippen LogP contribution in [-0.4, -0.2) is 45.8 Å². The van der Waals surface area contributed by atoms with Crippen LogP contribution in [0.4, 0.5) is 0 Å². The number of hydrogen-bond acceptors (Lipinski definition) is 6. The number of ether oxygens (including phenoxy) is 2. The van der Waals surface area contributed by atoms with Crippen molar-refractivity contribution < 1.29 is 14.3 Å². The van der Waals surface area contributed by atoms with Gasteiger partial charge in [-0.2, -0.15) is 5.10 Å². The smallest absolute Gasteiger partial charge is 0.248 e. The first-order valence-electron chi connectivity index (χ1n) is 10.6. The molecule has 2 aromatic carbocycles. The van der Waals surface area contributed by atoms with E-state index in [1.54, 1.807) is 23.9 Å². The van der Waals surface area contributed by atoms with Gasteiger partial charge >= 0.3 is 0 Å². The number of methoxy groups -OCH3 is 2. The molecule has 160 valence electrons. The lowest BCUT2D eigenvalue weighted by molar-refractivity contribution is -0.140. The standard InChI is InChI=1S/C23H25N5O3/c1-30-20-12-11-15(13-21(20)31-2)22-16-7-3-4-8-17(16)23(29)28(25-22)14-27-19-10-6-5-9-18(19)24-26-27/h5-6,9-13,16-17H,3-4,7-8,14H2,1-2H3/t16-,17+/m1/s1. The maximum atomic E-state index is 13.3. The number of hydrogen-bond donors (Lipinski definition) is 0. The number of carbonyl (C=O) groups excluding carboxylic acids is 1. The highest BCUT2D eigenvalue weighted by Crippen LogP contribution is 2.39. The predicted molar refractivity (Wildman–Crippen MR) is 116 cm³/mol. The van der Waals surface area contributed by atoms with Crippen LogP contribution in [0.15, 0.2) is 47.6 Å². The number of nitrogens with zero attached hydrogens (tertiary/aromatic N) is 5. The van der Waals surface area contributed by atoms with E-state index in [0.29, 0.717) is 11.5 Å². The molecule has 2 aliphatic rings. The number of aromatic nitrogens is 3. The highest BCUT2D eigenvalue weighted by atomic mass is 16.5. The number of benzene rings is 2. The van der Waals surface area contributed by atoms with Gasteiger partial charge in [0.05, 0.1) is 25.4 Å². The summed E-state index contributed by atoms with van der Waals surface area (Å²) in [5.41, 5.74) is 3.56. The lowest BCUT2D eigenvalue weighted by atomic mass is 9.73.